The third kappa shape index (κ3) is 4.41. The van der Waals surface area contributed by atoms with Gasteiger partial charge in [0.15, 0.2) is 0 Å². The molecule has 2 aromatic carbocycles. The number of H-pyrrole nitrogens is 2. The number of rotatable bonds is 5. The van der Waals surface area contributed by atoms with Gasteiger partial charge in [-0.05, 0) is 29.8 Å². The molecule has 3 aromatic rings. The van der Waals surface area contributed by atoms with E-state index >= 15 is 0 Å². The predicted octanol–water partition coefficient (Wildman–Crippen LogP) is 1.82. The average Bonchev–Trinajstić information content (AvgIpc) is 2.66. The van der Waals surface area contributed by atoms with E-state index in [4.69, 9.17) is 23.2 Å². The summed E-state index contributed by atoms with van der Waals surface area (Å²) in [7, 11) is 0. The molecule has 8 nitrogen and oxygen atoms in total. The highest BCUT2D eigenvalue weighted by atomic mass is 35.5. The second-order valence-electron chi connectivity index (χ2n) is 5.89. The van der Waals surface area contributed by atoms with Crippen LogP contribution in [0.25, 0.3) is 10.8 Å². The fourth-order valence-corrected chi connectivity index (χ4v) is 2.93. The second-order valence-corrected chi connectivity index (χ2v) is 6.70. The molecule has 1 heterocycles. The number of fused-ring (bicyclic) bond motifs is 1. The molecule has 0 aliphatic heterocycles. The van der Waals surface area contributed by atoms with Crippen LogP contribution in [-0.2, 0) is 16.0 Å². The molecule has 0 saturated carbocycles. The van der Waals surface area contributed by atoms with Gasteiger partial charge in [0, 0.05) is 0 Å². The van der Waals surface area contributed by atoms with Crippen molar-refractivity contribution in [3.05, 3.63) is 72.7 Å². The van der Waals surface area contributed by atoms with Crippen molar-refractivity contribution in [1.29, 1.82) is 0 Å². The molecule has 0 unspecified atom stereocenters. The maximum atomic E-state index is 12.1. The fraction of sp³-hybridized carbons (Fsp3) is 0.111. The summed E-state index contributed by atoms with van der Waals surface area (Å²) < 4.78 is 0. The van der Waals surface area contributed by atoms with Crippen LogP contribution in [0.2, 0.25) is 10.0 Å². The highest BCUT2D eigenvalue weighted by Crippen LogP contribution is 2.22. The van der Waals surface area contributed by atoms with Crippen LogP contribution in [0.1, 0.15) is 5.56 Å². The number of benzene rings is 2. The molecule has 28 heavy (non-hydrogen) atoms. The number of aromatic nitrogens is 2. The minimum atomic E-state index is -0.547. The van der Waals surface area contributed by atoms with Crippen LogP contribution in [0.4, 0.5) is 5.69 Å². The maximum Gasteiger partial charge on any atom is 0.272 e. The van der Waals surface area contributed by atoms with Crippen molar-refractivity contribution >= 4 is 51.5 Å². The van der Waals surface area contributed by atoms with E-state index in [1.165, 1.54) is 18.2 Å². The van der Waals surface area contributed by atoms with Crippen LogP contribution >= 0.6 is 23.2 Å². The first-order valence-electron chi connectivity index (χ1n) is 8.09. The van der Waals surface area contributed by atoms with Gasteiger partial charge in [0.1, 0.15) is 0 Å². The first-order chi connectivity index (χ1) is 13.3. The molecule has 0 spiro atoms. The normalized spacial score (nSPS) is 10.6. The van der Waals surface area contributed by atoms with E-state index in [-0.39, 0.29) is 35.3 Å². The number of carbonyl (C=O) groups excluding carboxylic acids is 2. The van der Waals surface area contributed by atoms with E-state index in [1.54, 1.807) is 18.2 Å². The Kier molecular flexibility index (Phi) is 5.81. The van der Waals surface area contributed by atoms with Crippen LogP contribution in [0.15, 0.2) is 46.0 Å². The summed E-state index contributed by atoms with van der Waals surface area (Å²) >= 11 is 11.7. The van der Waals surface area contributed by atoms with Crippen molar-refractivity contribution in [2.24, 2.45) is 0 Å². The zero-order valence-electron chi connectivity index (χ0n) is 14.3. The zero-order chi connectivity index (χ0) is 20.3. The minimum Gasteiger partial charge on any atom is -0.347 e. The summed E-state index contributed by atoms with van der Waals surface area (Å²) in [5.74, 6) is -0.935. The van der Waals surface area contributed by atoms with Gasteiger partial charge in [-0.1, -0.05) is 35.3 Å². The fourth-order valence-electron chi connectivity index (χ4n) is 2.60. The lowest BCUT2D eigenvalue weighted by Gasteiger charge is -2.09. The van der Waals surface area contributed by atoms with Gasteiger partial charge in [-0.3, -0.25) is 29.4 Å². The predicted molar refractivity (Wildman–Crippen MR) is 107 cm³/mol. The largest absolute Gasteiger partial charge is 0.347 e. The van der Waals surface area contributed by atoms with E-state index in [2.05, 4.69) is 20.8 Å². The number of anilines is 1. The molecule has 1 aromatic heterocycles. The van der Waals surface area contributed by atoms with E-state index in [9.17, 15) is 19.2 Å². The Labute approximate surface area is 167 Å². The molecule has 2 amide bonds. The summed E-state index contributed by atoms with van der Waals surface area (Å²) in [4.78, 5) is 47.9. The van der Waals surface area contributed by atoms with Crippen LogP contribution in [0.5, 0.6) is 0 Å². The van der Waals surface area contributed by atoms with Crippen LogP contribution in [0, 0.1) is 0 Å². The molecule has 0 radical (unpaired) electrons. The Bertz CT molecular complexity index is 1190. The first kappa shape index (κ1) is 19.7. The van der Waals surface area contributed by atoms with Gasteiger partial charge < -0.3 is 10.6 Å². The Hall–Kier alpha value is -3.10. The van der Waals surface area contributed by atoms with Gasteiger partial charge in [-0.15, -0.1) is 0 Å². The van der Waals surface area contributed by atoms with Gasteiger partial charge in [-0.25, -0.2) is 0 Å². The molecule has 0 fully saturated rings. The Morgan fingerprint density at radius 1 is 0.929 bits per heavy atom. The number of hydrogen-bond donors (Lipinski definition) is 4. The highest BCUT2D eigenvalue weighted by molar-refractivity contribution is 6.42. The van der Waals surface area contributed by atoms with Gasteiger partial charge in [0.05, 0.1) is 39.5 Å². The smallest absolute Gasteiger partial charge is 0.272 e. The molecule has 0 aliphatic rings. The van der Waals surface area contributed by atoms with Crippen LogP contribution in [-0.4, -0.2) is 28.6 Å². The SMILES string of the molecule is O=C(Cc1ccc(Cl)c(Cl)c1)NCC(=O)Nc1cccc2c(=O)[nH][nH]c(=O)c12. The zero-order valence-corrected chi connectivity index (χ0v) is 15.8. The van der Waals surface area contributed by atoms with Gasteiger partial charge in [0.25, 0.3) is 11.1 Å². The lowest BCUT2D eigenvalue weighted by molar-refractivity contribution is -0.123. The summed E-state index contributed by atoms with van der Waals surface area (Å²) in [6.07, 6.45) is 0.0213. The molecule has 3 rings (SSSR count). The van der Waals surface area contributed by atoms with Crippen molar-refractivity contribution in [3.8, 4) is 0 Å². The van der Waals surface area contributed by atoms with Crippen LogP contribution in [0.3, 0.4) is 0 Å². The second kappa shape index (κ2) is 8.28. The van der Waals surface area contributed by atoms with E-state index in [0.29, 0.717) is 15.6 Å². The molecular formula is C18H14Cl2N4O4. The third-order valence-electron chi connectivity index (χ3n) is 3.89. The average molecular weight is 421 g/mol. The standard InChI is InChI=1S/C18H14Cl2N4O4/c19-11-5-4-9(6-12(11)20)7-14(25)21-8-15(26)22-13-3-1-2-10-16(13)18(28)24-23-17(10)27/h1-6H,7-8H2,(H,21,25)(H,22,26)(H,23,27)(H,24,28). The number of aromatic amines is 2. The number of nitrogens with one attached hydrogen (secondary N) is 4. The monoisotopic (exact) mass is 420 g/mol. The van der Waals surface area contributed by atoms with E-state index in [0.717, 1.165) is 0 Å². The quantitative estimate of drug-likeness (QED) is 0.502. The molecular weight excluding hydrogens is 407 g/mol. The molecule has 0 atom stereocenters. The number of halogens is 2. The van der Waals surface area contributed by atoms with Crippen molar-refractivity contribution < 1.29 is 9.59 Å². The summed E-state index contributed by atoms with van der Waals surface area (Å²) in [6, 6.07) is 9.32. The summed E-state index contributed by atoms with van der Waals surface area (Å²) in [5, 5.41) is 10.3. The number of carbonyl (C=O) groups is 2. The molecule has 144 valence electrons. The van der Waals surface area contributed by atoms with E-state index in [1.807, 2.05) is 0 Å². The third-order valence-corrected chi connectivity index (χ3v) is 4.63. The van der Waals surface area contributed by atoms with Crippen molar-refractivity contribution in [2.75, 3.05) is 11.9 Å². The van der Waals surface area contributed by atoms with Crippen molar-refractivity contribution in [3.63, 3.8) is 0 Å². The molecule has 0 bridgehead atoms. The number of hydrogen-bond acceptors (Lipinski definition) is 4. The Morgan fingerprint density at radius 3 is 2.43 bits per heavy atom. The summed E-state index contributed by atoms with van der Waals surface area (Å²) in [5.41, 5.74) is -0.213. The Balaban J connectivity index is 1.65. The van der Waals surface area contributed by atoms with Crippen molar-refractivity contribution in [1.82, 2.24) is 15.5 Å². The summed E-state index contributed by atoms with van der Waals surface area (Å²) in [6.45, 7) is -0.308. The van der Waals surface area contributed by atoms with Gasteiger partial charge >= 0.3 is 0 Å². The molecule has 0 aliphatic carbocycles. The van der Waals surface area contributed by atoms with Gasteiger partial charge in [-0.2, -0.15) is 0 Å². The molecule has 4 N–H and O–H groups in total. The number of amides is 2. The van der Waals surface area contributed by atoms with E-state index < -0.39 is 17.0 Å². The highest BCUT2D eigenvalue weighted by Gasteiger charge is 2.12. The lowest BCUT2D eigenvalue weighted by Crippen LogP contribution is -2.34. The van der Waals surface area contributed by atoms with Crippen LogP contribution < -0.4 is 21.8 Å². The molecule has 10 heteroatoms. The first-order valence-corrected chi connectivity index (χ1v) is 8.85. The minimum absolute atomic E-state index is 0.0213. The Morgan fingerprint density at radius 2 is 1.68 bits per heavy atom. The topological polar surface area (TPSA) is 124 Å². The van der Waals surface area contributed by atoms with Gasteiger partial charge in [0.2, 0.25) is 11.8 Å². The van der Waals surface area contributed by atoms with Crippen molar-refractivity contribution in [2.45, 2.75) is 6.42 Å². The maximum absolute atomic E-state index is 12.1. The lowest BCUT2D eigenvalue weighted by atomic mass is 10.1. The molecule has 0 saturated heterocycles.